The molecule has 0 radical (unpaired) electrons. The second-order valence-corrected chi connectivity index (χ2v) is 3.28. The third-order valence-corrected chi connectivity index (χ3v) is 1.95. The fourth-order valence-electron chi connectivity index (χ4n) is 1.16. The summed E-state index contributed by atoms with van der Waals surface area (Å²) in [5, 5.41) is 7.02. The van der Waals surface area contributed by atoms with Crippen molar-refractivity contribution in [1.82, 2.24) is 9.55 Å². The van der Waals surface area contributed by atoms with Crippen LogP contribution in [0.2, 0.25) is 0 Å². The maximum atomic E-state index is 11.3. The molecule has 1 heterocycles. The second-order valence-electron chi connectivity index (χ2n) is 3.28. The SMILES string of the molecule is C[n+]1cn(CCCC(=N)N)c(=O)[nH]c1=O. The van der Waals surface area contributed by atoms with Gasteiger partial charge in [0.1, 0.15) is 0 Å². The Hall–Kier alpha value is -1.92. The lowest BCUT2D eigenvalue weighted by Crippen LogP contribution is -2.53. The molecule has 15 heavy (non-hydrogen) atoms. The summed E-state index contributed by atoms with van der Waals surface area (Å²) < 4.78 is 2.67. The van der Waals surface area contributed by atoms with Crippen molar-refractivity contribution in [3.63, 3.8) is 0 Å². The summed E-state index contributed by atoms with van der Waals surface area (Å²) >= 11 is 0. The molecule has 0 spiro atoms. The quantitative estimate of drug-likeness (QED) is 0.307. The molecule has 0 bridgehead atoms. The van der Waals surface area contributed by atoms with Gasteiger partial charge < -0.3 is 5.73 Å². The molecule has 0 unspecified atom stereocenters. The van der Waals surface area contributed by atoms with Crippen LogP contribution >= 0.6 is 0 Å². The van der Waals surface area contributed by atoms with Gasteiger partial charge in [0.05, 0.1) is 19.4 Å². The minimum atomic E-state index is -0.443. The second kappa shape index (κ2) is 4.54. The zero-order chi connectivity index (χ0) is 11.4. The van der Waals surface area contributed by atoms with Gasteiger partial charge in [0.25, 0.3) is 0 Å². The molecule has 82 valence electrons. The van der Waals surface area contributed by atoms with Crippen molar-refractivity contribution in [2.75, 3.05) is 0 Å². The van der Waals surface area contributed by atoms with Crippen LogP contribution in [-0.4, -0.2) is 15.4 Å². The topological polar surface area (TPSA) is 109 Å². The van der Waals surface area contributed by atoms with Crippen LogP contribution in [0.25, 0.3) is 0 Å². The molecular formula is C8H14N5O2+. The third-order valence-electron chi connectivity index (χ3n) is 1.95. The summed E-state index contributed by atoms with van der Waals surface area (Å²) in [6.07, 6.45) is 2.47. The number of hydrogen-bond donors (Lipinski definition) is 3. The molecule has 1 rings (SSSR count). The fourth-order valence-corrected chi connectivity index (χ4v) is 1.16. The van der Waals surface area contributed by atoms with Gasteiger partial charge >= 0.3 is 11.4 Å². The number of aromatic nitrogens is 3. The normalized spacial score (nSPS) is 10.2. The third kappa shape index (κ3) is 3.04. The Morgan fingerprint density at radius 3 is 2.93 bits per heavy atom. The number of rotatable bonds is 4. The molecule has 7 heteroatoms. The summed E-state index contributed by atoms with van der Waals surface area (Å²) in [5.74, 6) is 0.0943. The highest BCUT2D eigenvalue weighted by atomic mass is 16.2. The Morgan fingerprint density at radius 2 is 2.33 bits per heavy atom. The maximum Gasteiger partial charge on any atom is 0.445 e. The van der Waals surface area contributed by atoms with Crippen molar-refractivity contribution >= 4 is 5.84 Å². The first-order chi connectivity index (χ1) is 7.00. The first-order valence-electron chi connectivity index (χ1n) is 4.53. The fraction of sp³-hybridized carbons (Fsp3) is 0.500. The molecule has 0 aromatic carbocycles. The lowest BCUT2D eigenvalue weighted by atomic mass is 10.3. The molecule has 4 N–H and O–H groups in total. The number of aromatic amines is 1. The van der Waals surface area contributed by atoms with E-state index in [1.165, 1.54) is 15.5 Å². The zero-order valence-electron chi connectivity index (χ0n) is 8.49. The van der Waals surface area contributed by atoms with Crippen LogP contribution in [0.4, 0.5) is 0 Å². The standard InChI is InChI=1S/C8H13N5O2/c1-12-5-13(4-2-3-6(9)10)8(15)11-7(12)14/h5H,2-4H2,1H3,(H3-,9,10,11,14,15)/p+1. The molecule has 0 fully saturated rings. The van der Waals surface area contributed by atoms with Gasteiger partial charge in [0.15, 0.2) is 6.33 Å². The van der Waals surface area contributed by atoms with E-state index in [0.717, 1.165) is 0 Å². The monoisotopic (exact) mass is 212 g/mol. The van der Waals surface area contributed by atoms with E-state index in [1.54, 1.807) is 7.05 Å². The van der Waals surface area contributed by atoms with Crippen LogP contribution in [0, 0.1) is 5.41 Å². The number of nitrogens with zero attached hydrogens (tertiary/aromatic N) is 2. The first-order valence-corrected chi connectivity index (χ1v) is 4.53. The van der Waals surface area contributed by atoms with Crippen molar-refractivity contribution in [2.45, 2.75) is 19.4 Å². The molecule has 1 aromatic rings. The highest BCUT2D eigenvalue weighted by Gasteiger charge is 2.06. The minimum absolute atomic E-state index is 0.0943. The molecule has 0 aliphatic rings. The summed E-state index contributed by atoms with van der Waals surface area (Å²) in [6.45, 7) is 0.434. The summed E-state index contributed by atoms with van der Waals surface area (Å²) in [7, 11) is 1.56. The zero-order valence-corrected chi connectivity index (χ0v) is 8.49. The van der Waals surface area contributed by atoms with E-state index in [9.17, 15) is 9.59 Å². The van der Waals surface area contributed by atoms with Crippen molar-refractivity contribution in [1.29, 1.82) is 5.41 Å². The number of H-pyrrole nitrogens is 1. The molecule has 0 amide bonds. The maximum absolute atomic E-state index is 11.3. The average molecular weight is 212 g/mol. The Bertz CT molecular complexity index is 473. The van der Waals surface area contributed by atoms with Crippen LogP contribution in [0.5, 0.6) is 0 Å². The molecule has 7 nitrogen and oxygen atoms in total. The molecule has 0 aliphatic heterocycles. The van der Waals surface area contributed by atoms with Crippen LogP contribution < -0.4 is 21.7 Å². The lowest BCUT2D eigenvalue weighted by Gasteiger charge is -1.99. The van der Waals surface area contributed by atoms with Crippen LogP contribution in [0.15, 0.2) is 15.9 Å². The Balaban J connectivity index is 2.78. The van der Waals surface area contributed by atoms with Crippen LogP contribution in [0.3, 0.4) is 0 Å². The molecule has 0 aliphatic carbocycles. The Morgan fingerprint density at radius 1 is 1.67 bits per heavy atom. The smallest absolute Gasteiger partial charge is 0.388 e. The first kappa shape index (κ1) is 11.2. The number of hydrogen-bond acceptors (Lipinski definition) is 3. The average Bonchev–Trinajstić information content (AvgIpc) is 2.13. The van der Waals surface area contributed by atoms with Gasteiger partial charge in [0, 0.05) is 6.42 Å². The van der Waals surface area contributed by atoms with E-state index in [-0.39, 0.29) is 5.84 Å². The molecule has 0 saturated heterocycles. The van der Waals surface area contributed by atoms with E-state index in [1.807, 2.05) is 0 Å². The van der Waals surface area contributed by atoms with Gasteiger partial charge in [-0.3, -0.25) is 5.41 Å². The number of amidine groups is 1. The molecule has 1 aromatic heterocycles. The molecule has 0 atom stereocenters. The van der Waals surface area contributed by atoms with Crippen molar-refractivity contribution < 1.29 is 4.57 Å². The van der Waals surface area contributed by atoms with Gasteiger partial charge in [-0.2, -0.15) is 4.98 Å². The van der Waals surface area contributed by atoms with E-state index in [0.29, 0.717) is 19.4 Å². The van der Waals surface area contributed by atoms with Gasteiger partial charge in [-0.15, -0.1) is 0 Å². The van der Waals surface area contributed by atoms with Gasteiger partial charge in [0.2, 0.25) is 0 Å². The Kier molecular flexibility index (Phi) is 3.37. The van der Waals surface area contributed by atoms with Gasteiger partial charge in [-0.05, 0) is 6.42 Å². The van der Waals surface area contributed by atoms with Crippen molar-refractivity contribution in [2.24, 2.45) is 12.8 Å². The highest BCUT2D eigenvalue weighted by Crippen LogP contribution is 1.89. The van der Waals surface area contributed by atoms with Crippen molar-refractivity contribution in [3.05, 3.63) is 27.3 Å². The van der Waals surface area contributed by atoms with Crippen molar-refractivity contribution in [3.8, 4) is 0 Å². The Labute approximate surface area is 85.7 Å². The minimum Gasteiger partial charge on any atom is -0.388 e. The van der Waals surface area contributed by atoms with E-state index in [4.69, 9.17) is 11.1 Å². The summed E-state index contributed by atoms with van der Waals surface area (Å²) in [5.41, 5.74) is 4.30. The summed E-state index contributed by atoms with van der Waals surface area (Å²) in [4.78, 5) is 24.5. The number of nitrogens with two attached hydrogens (primary N) is 1. The van der Waals surface area contributed by atoms with Gasteiger partial charge in [-0.25, -0.2) is 18.7 Å². The lowest BCUT2D eigenvalue weighted by molar-refractivity contribution is -0.694. The largest absolute Gasteiger partial charge is 0.445 e. The molecular weight excluding hydrogens is 198 g/mol. The van der Waals surface area contributed by atoms with Gasteiger partial charge in [-0.1, -0.05) is 0 Å². The van der Waals surface area contributed by atoms with E-state index in [2.05, 4.69) is 4.98 Å². The number of nitrogens with one attached hydrogen (secondary N) is 2. The highest BCUT2D eigenvalue weighted by molar-refractivity contribution is 5.76. The number of aryl methyl sites for hydroxylation is 2. The predicted octanol–water partition coefficient (Wildman–Crippen LogP) is -1.92. The van der Waals surface area contributed by atoms with Crippen LogP contribution in [0.1, 0.15) is 12.8 Å². The van der Waals surface area contributed by atoms with E-state index >= 15 is 0 Å². The van der Waals surface area contributed by atoms with E-state index < -0.39 is 11.4 Å². The van der Waals surface area contributed by atoms with Crippen LogP contribution in [-0.2, 0) is 13.6 Å². The summed E-state index contributed by atoms with van der Waals surface area (Å²) in [6, 6.07) is 0. The molecule has 0 saturated carbocycles. The predicted molar refractivity (Wildman–Crippen MR) is 53.6 cm³/mol.